The Morgan fingerprint density at radius 2 is 1.81 bits per heavy atom. The van der Waals surface area contributed by atoms with Gasteiger partial charge in [0, 0.05) is 50.7 Å². The van der Waals surface area contributed by atoms with E-state index in [9.17, 15) is 4.79 Å². The summed E-state index contributed by atoms with van der Waals surface area (Å²) >= 11 is 6.12. The summed E-state index contributed by atoms with van der Waals surface area (Å²) in [7, 11) is 3.97. The SMILES string of the molecule is CN(C)c1nc2cc(Cl)ccc2cc1N1CCN(C(=O)OC(C)(C)C)CC1. The van der Waals surface area contributed by atoms with Gasteiger partial charge in [-0.15, -0.1) is 0 Å². The first-order valence-corrected chi connectivity index (χ1v) is 9.52. The van der Waals surface area contributed by atoms with Gasteiger partial charge in [-0.3, -0.25) is 0 Å². The largest absolute Gasteiger partial charge is 0.444 e. The number of halogens is 1. The number of anilines is 2. The smallest absolute Gasteiger partial charge is 0.410 e. The van der Waals surface area contributed by atoms with Crippen LogP contribution >= 0.6 is 11.6 Å². The maximum absolute atomic E-state index is 12.3. The summed E-state index contributed by atoms with van der Waals surface area (Å²) < 4.78 is 5.48. The molecule has 1 amide bonds. The third kappa shape index (κ3) is 4.56. The molecule has 0 N–H and O–H groups in total. The number of rotatable bonds is 2. The summed E-state index contributed by atoms with van der Waals surface area (Å²) in [5.41, 5.74) is 1.47. The van der Waals surface area contributed by atoms with Crippen molar-refractivity contribution in [2.75, 3.05) is 50.1 Å². The number of hydrogen-bond acceptors (Lipinski definition) is 5. The molecular weight excluding hydrogens is 364 g/mol. The van der Waals surface area contributed by atoms with Gasteiger partial charge < -0.3 is 19.4 Å². The molecule has 1 aromatic carbocycles. The van der Waals surface area contributed by atoms with Crippen LogP contribution in [0.25, 0.3) is 10.9 Å². The first-order chi connectivity index (χ1) is 12.6. The van der Waals surface area contributed by atoms with E-state index in [0.29, 0.717) is 18.1 Å². The number of benzene rings is 1. The standard InChI is InChI=1S/C20H27ClN4O2/c1-20(2,3)27-19(26)25-10-8-24(9-11-25)17-12-14-6-7-15(21)13-16(14)22-18(17)23(4)5/h6-7,12-13H,8-11H2,1-5H3. The minimum Gasteiger partial charge on any atom is -0.444 e. The molecule has 3 rings (SSSR count). The molecule has 7 heteroatoms. The third-order valence-electron chi connectivity index (χ3n) is 4.44. The molecule has 0 spiro atoms. The van der Waals surface area contributed by atoms with Crippen molar-refractivity contribution in [2.24, 2.45) is 0 Å². The van der Waals surface area contributed by atoms with Crippen molar-refractivity contribution >= 4 is 40.1 Å². The Labute approximate surface area is 165 Å². The zero-order chi connectivity index (χ0) is 19.8. The average Bonchev–Trinajstić information content (AvgIpc) is 2.59. The lowest BCUT2D eigenvalue weighted by Crippen LogP contribution is -2.50. The van der Waals surface area contributed by atoms with Crippen molar-refractivity contribution in [1.29, 1.82) is 0 Å². The van der Waals surface area contributed by atoms with Crippen LogP contribution in [-0.4, -0.2) is 61.9 Å². The van der Waals surface area contributed by atoms with E-state index >= 15 is 0 Å². The molecule has 2 heterocycles. The van der Waals surface area contributed by atoms with Gasteiger partial charge in [-0.2, -0.15) is 0 Å². The zero-order valence-corrected chi connectivity index (χ0v) is 17.4. The van der Waals surface area contributed by atoms with Crippen LogP contribution in [0.5, 0.6) is 0 Å². The van der Waals surface area contributed by atoms with E-state index in [2.05, 4.69) is 11.0 Å². The van der Waals surface area contributed by atoms with Crippen molar-refractivity contribution < 1.29 is 9.53 Å². The minimum atomic E-state index is -0.476. The van der Waals surface area contributed by atoms with Crippen molar-refractivity contribution in [3.05, 3.63) is 29.3 Å². The van der Waals surface area contributed by atoms with E-state index in [1.54, 1.807) is 4.90 Å². The topological polar surface area (TPSA) is 48.9 Å². The fourth-order valence-electron chi connectivity index (χ4n) is 3.14. The lowest BCUT2D eigenvalue weighted by Gasteiger charge is -2.37. The fourth-order valence-corrected chi connectivity index (χ4v) is 3.30. The van der Waals surface area contributed by atoms with Crippen LogP contribution in [0.15, 0.2) is 24.3 Å². The molecule has 2 aromatic rings. The zero-order valence-electron chi connectivity index (χ0n) is 16.6. The number of ether oxygens (including phenoxy) is 1. The number of piperazine rings is 1. The van der Waals surface area contributed by atoms with E-state index in [1.165, 1.54) is 0 Å². The number of amides is 1. The van der Waals surface area contributed by atoms with Gasteiger partial charge in [0.05, 0.1) is 11.2 Å². The molecule has 0 unspecified atom stereocenters. The van der Waals surface area contributed by atoms with E-state index in [0.717, 1.165) is 35.5 Å². The molecule has 1 saturated heterocycles. The predicted octanol–water partition coefficient (Wildman–Crippen LogP) is 4.01. The second-order valence-corrected chi connectivity index (χ2v) is 8.45. The van der Waals surface area contributed by atoms with Gasteiger partial charge in [0.25, 0.3) is 0 Å². The molecule has 1 fully saturated rings. The van der Waals surface area contributed by atoms with E-state index in [-0.39, 0.29) is 6.09 Å². The molecule has 6 nitrogen and oxygen atoms in total. The summed E-state index contributed by atoms with van der Waals surface area (Å²) in [4.78, 5) is 23.2. The molecule has 0 saturated carbocycles. The number of hydrogen-bond donors (Lipinski definition) is 0. The molecule has 146 valence electrons. The van der Waals surface area contributed by atoms with Crippen molar-refractivity contribution in [2.45, 2.75) is 26.4 Å². The van der Waals surface area contributed by atoms with Crippen molar-refractivity contribution in [1.82, 2.24) is 9.88 Å². The number of pyridine rings is 1. The van der Waals surface area contributed by atoms with Crippen molar-refractivity contribution in [3.8, 4) is 0 Å². The molecule has 27 heavy (non-hydrogen) atoms. The highest BCUT2D eigenvalue weighted by atomic mass is 35.5. The Kier molecular flexibility index (Phi) is 5.38. The van der Waals surface area contributed by atoms with Gasteiger partial charge in [0.1, 0.15) is 5.60 Å². The Balaban J connectivity index is 1.81. The van der Waals surface area contributed by atoms with E-state index < -0.39 is 5.60 Å². The van der Waals surface area contributed by atoms with Crippen LogP contribution in [0.4, 0.5) is 16.3 Å². The average molecular weight is 391 g/mol. The summed E-state index contributed by atoms with van der Waals surface area (Å²) in [6, 6.07) is 7.90. The van der Waals surface area contributed by atoms with E-state index in [4.69, 9.17) is 21.3 Å². The highest BCUT2D eigenvalue weighted by molar-refractivity contribution is 6.31. The van der Waals surface area contributed by atoms with Crippen LogP contribution in [0.1, 0.15) is 20.8 Å². The van der Waals surface area contributed by atoms with E-state index in [1.807, 2.05) is 58.0 Å². The molecule has 1 aliphatic heterocycles. The van der Waals surface area contributed by atoms with Crippen LogP contribution < -0.4 is 9.80 Å². The van der Waals surface area contributed by atoms with Gasteiger partial charge in [0.15, 0.2) is 5.82 Å². The molecule has 0 atom stereocenters. The highest BCUT2D eigenvalue weighted by Gasteiger charge is 2.27. The lowest BCUT2D eigenvalue weighted by atomic mass is 10.1. The molecule has 1 aromatic heterocycles. The van der Waals surface area contributed by atoms with Gasteiger partial charge >= 0.3 is 6.09 Å². The van der Waals surface area contributed by atoms with Crippen LogP contribution in [-0.2, 0) is 4.74 Å². The summed E-state index contributed by atoms with van der Waals surface area (Å²) in [5.74, 6) is 0.899. The number of carbonyl (C=O) groups is 1. The molecule has 0 aliphatic carbocycles. The van der Waals surface area contributed by atoms with Gasteiger partial charge in [-0.25, -0.2) is 9.78 Å². The first kappa shape index (κ1) is 19.5. The molecule has 1 aliphatic rings. The summed E-state index contributed by atoms with van der Waals surface area (Å²) in [6.07, 6.45) is -0.249. The maximum atomic E-state index is 12.3. The normalized spacial score (nSPS) is 15.2. The quantitative estimate of drug-likeness (QED) is 0.775. The summed E-state index contributed by atoms with van der Waals surface area (Å²) in [6.45, 7) is 8.38. The highest BCUT2D eigenvalue weighted by Crippen LogP contribution is 2.32. The number of carbonyl (C=O) groups excluding carboxylic acids is 1. The number of nitrogens with zero attached hydrogens (tertiary/aromatic N) is 4. The summed E-state index contributed by atoms with van der Waals surface area (Å²) in [5, 5.41) is 1.73. The van der Waals surface area contributed by atoms with Crippen molar-refractivity contribution in [3.63, 3.8) is 0 Å². The fraction of sp³-hybridized carbons (Fsp3) is 0.500. The Hall–Kier alpha value is -2.21. The third-order valence-corrected chi connectivity index (χ3v) is 4.67. The van der Waals surface area contributed by atoms with Gasteiger partial charge in [-0.05, 0) is 39.0 Å². The van der Waals surface area contributed by atoms with Gasteiger partial charge in [-0.1, -0.05) is 17.7 Å². The Morgan fingerprint density at radius 1 is 1.15 bits per heavy atom. The number of fused-ring (bicyclic) bond motifs is 1. The van der Waals surface area contributed by atoms with Gasteiger partial charge in [0.2, 0.25) is 0 Å². The molecule has 0 radical (unpaired) electrons. The molecular formula is C20H27ClN4O2. The predicted molar refractivity (Wildman–Crippen MR) is 111 cm³/mol. The molecule has 0 bridgehead atoms. The second-order valence-electron chi connectivity index (χ2n) is 8.02. The monoisotopic (exact) mass is 390 g/mol. The van der Waals surface area contributed by atoms with Crippen LogP contribution in [0, 0.1) is 0 Å². The first-order valence-electron chi connectivity index (χ1n) is 9.14. The Morgan fingerprint density at radius 3 is 2.41 bits per heavy atom. The minimum absolute atomic E-state index is 0.249. The second kappa shape index (κ2) is 7.43. The maximum Gasteiger partial charge on any atom is 0.410 e. The lowest BCUT2D eigenvalue weighted by molar-refractivity contribution is 0.0240. The van der Waals surface area contributed by atoms with Crippen LogP contribution in [0.2, 0.25) is 5.02 Å². The number of aromatic nitrogens is 1. The van der Waals surface area contributed by atoms with Crippen LogP contribution in [0.3, 0.4) is 0 Å². The Bertz CT molecular complexity index is 840.